The fraction of sp³-hybridized carbons (Fsp3) is 0.100. The second-order valence-corrected chi connectivity index (χ2v) is 2.50. The van der Waals surface area contributed by atoms with Crippen molar-refractivity contribution in [3.63, 3.8) is 0 Å². The number of carboxylic acid groups (broad SMARTS) is 1. The van der Waals surface area contributed by atoms with E-state index < -0.39 is 5.97 Å². The van der Waals surface area contributed by atoms with Crippen molar-refractivity contribution in [3.05, 3.63) is 29.6 Å². The number of aldehydes is 1. The first kappa shape index (κ1) is 9.93. The quantitative estimate of drug-likeness (QED) is 0.549. The first-order valence-corrected chi connectivity index (χ1v) is 3.83. The van der Waals surface area contributed by atoms with E-state index in [0.717, 1.165) is 0 Å². The number of carbonyl (C=O) groups is 2. The number of rotatable bonds is 2. The van der Waals surface area contributed by atoms with E-state index in [1.807, 2.05) is 0 Å². The SMILES string of the molecule is O=Cc1cncc(C#CCC(=O)O)c1. The van der Waals surface area contributed by atoms with Gasteiger partial charge in [-0.2, -0.15) is 0 Å². The minimum atomic E-state index is -0.975. The highest BCUT2D eigenvalue weighted by Gasteiger charge is 1.92. The molecule has 70 valence electrons. The molecular formula is C10H7NO3. The van der Waals surface area contributed by atoms with Gasteiger partial charge in [-0.05, 0) is 6.07 Å². The normalized spacial score (nSPS) is 8.57. The third kappa shape index (κ3) is 3.07. The Balaban J connectivity index is 2.79. The fourth-order valence-electron chi connectivity index (χ4n) is 0.812. The monoisotopic (exact) mass is 189 g/mol. The van der Waals surface area contributed by atoms with Crippen molar-refractivity contribution in [1.29, 1.82) is 0 Å². The van der Waals surface area contributed by atoms with E-state index in [1.54, 1.807) is 6.07 Å². The van der Waals surface area contributed by atoms with Gasteiger partial charge in [-0.3, -0.25) is 14.6 Å². The van der Waals surface area contributed by atoms with Crippen LogP contribution < -0.4 is 0 Å². The van der Waals surface area contributed by atoms with Crippen molar-refractivity contribution >= 4 is 12.3 Å². The molecule has 1 rings (SSSR count). The van der Waals surface area contributed by atoms with Crippen molar-refractivity contribution < 1.29 is 14.7 Å². The molecule has 0 radical (unpaired) electrons. The molecule has 1 aromatic heterocycles. The van der Waals surface area contributed by atoms with E-state index in [9.17, 15) is 9.59 Å². The van der Waals surface area contributed by atoms with Crippen LogP contribution in [0.5, 0.6) is 0 Å². The Bertz CT molecular complexity index is 415. The molecule has 0 aromatic carbocycles. The van der Waals surface area contributed by atoms with Gasteiger partial charge in [0.05, 0.1) is 0 Å². The molecule has 0 bridgehead atoms. The van der Waals surface area contributed by atoms with Gasteiger partial charge in [-0.15, -0.1) is 0 Å². The van der Waals surface area contributed by atoms with Gasteiger partial charge in [0, 0.05) is 23.5 Å². The maximum Gasteiger partial charge on any atom is 0.315 e. The maximum absolute atomic E-state index is 10.4. The van der Waals surface area contributed by atoms with Gasteiger partial charge in [0.2, 0.25) is 0 Å². The minimum absolute atomic E-state index is 0.217. The third-order valence-electron chi connectivity index (χ3n) is 1.37. The lowest BCUT2D eigenvalue weighted by Gasteiger charge is -1.90. The maximum atomic E-state index is 10.4. The fourth-order valence-corrected chi connectivity index (χ4v) is 0.812. The standard InChI is InChI=1S/C10H7NO3/c12-7-9-4-8(5-11-6-9)2-1-3-10(13)14/h4-7H,3H2,(H,13,14). The zero-order valence-electron chi connectivity index (χ0n) is 7.23. The molecule has 0 aliphatic rings. The summed E-state index contributed by atoms with van der Waals surface area (Å²) in [6.07, 6.45) is 3.33. The number of aromatic nitrogens is 1. The molecule has 0 fully saturated rings. The zero-order valence-corrected chi connectivity index (χ0v) is 7.23. The first-order chi connectivity index (χ1) is 6.72. The van der Waals surface area contributed by atoms with Crippen molar-refractivity contribution in [3.8, 4) is 11.8 Å². The van der Waals surface area contributed by atoms with Crippen LogP contribution in [-0.2, 0) is 4.79 Å². The van der Waals surface area contributed by atoms with Crippen LogP contribution in [-0.4, -0.2) is 22.3 Å². The molecule has 0 aliphatic heterocycles. The van der Waals surface area contributed by atoms with E-state index in [2.05, 4.69) is 16.8 Å². The van der Waals surface area contributed by atoms with Gasteiger partial charge in [0.15, 0.2) is 6.29 Å². The van der Waals surface area contributed by atoms with E-state index in [1.165, 1.54) is 12.4 Å². The average molecular weight is 189 g/mol. The molecule has 0 amide bonds. The van der Waals surface area contributed by atoms with Crippen LogP contribution in [0.4, 0.5) is 0 Å². The molecule has 4 nitrogen and oxygen atoms in total. The summed E-state index contributed by atoms with van der Waals surface area (Å²) < 4.78 is 0. The molecule has 0 saturated carbocycles. The molecule has 0 spiro atoms. The third-order valence-corrected chi connectivity index (χ3v) is 1.37. The predicted molar refractivity (Wildman–Crippen MR) is 48.8 cm³/mol. The number of carboxylic acids is 1. The van der Waals surface area contributed by atoms with Crippen molar-refractivity contribution in [1.82, 2.24) is 4.98 Å². The summed E-state index contributed by atoms with van der Waals surface area (Å²) >= 11 is 0. The summed E-state index contributed by atoms with van der Waals surface area (Å²) in [6, 6.07) is 1.55. The summed E-state index contributed by atoms with van der Waals surface area (Å²) in [5, 5.41) is 8.32. The van der Waals surface area contributed by atoms with Crippen LogP contribution in [0.15, 0.2) is 18.5 Å². The second kappa shape index (κ2) is 4.77. The second-order valence-electron chi connectivity index (χ2n) is 2.50. The Labute approximate surface area is 80.6 Å². The Hall–Kier alpha value is -2.15. The van der Waals surface area contributed by atoms with E-state index in [0.29, 0.717) is 17.4 Å². The lowest BCUT2D eigenvalue weighted by Crippen LogP contribution is -1.90. The van der Waals surface area contributed by atoms with Crippen molar-refractivity contribution in [2.24, 2.45) is 0 Å². The van der Waals surface area contributed by atoms with Crippen LogP contribution in [0.3, 0.4) is 0 Å². The molecule has 0 saturated heterocycles. The van der Waals surface area contributed by atoms with Gasteiger partial charge < -0.3 is 5.11 Å². The highest BCUT2D eigenvalue weighted by molar-refractivity contribution is 5.75. The molecular weight excluding hydrogens is 182 g/mol. The van der Waals surface area contributed by atoms with Crippen LogP contribution in [0, 0.1) is 11.8 Å². The highest BCUT2D eigenvalue weighted by atomic mass is 16.4. The largest absolute Gasteiger partial charge is 0.481 e. The smallest absolute Gasteiger partial charge is 0.315 e. The number of hydrogen-bond acceptors (Lipinski definition) is 3. The molecule has 1 heterocycles. The van der Waals surface area contributed by atoms with Gasteiger partial charge in [0.1, 0.15) is 6.42 Å². The summed E-state index contributed by atoms with van der Waals surface area (Å²) in [4.78, 5) is 24.3. The van der Waals surface area contributed by atoms with E-state index in [4.69, 9.17) is 5.11 Å². The number of hydrogen-bond donors (Lipinski definition) is 1. The number of nitrogens with zero attached hydrogens (tertiary/aromatic N) is 1. The Morgan fingerprint density at radius 1 is 1.57 bits per heavy atom. The average Bonchev–Trinajstić information content (AvgIpc) is 2.18. The van der Waals surface area contributed by atoms with Gasteiger partial charge in [-0.25, -0.2) is 0 Å². The first-order valence-electron chi connectivity index (χ1n) is 3.83. The number of aliphatic carboxylic acids is 1. The highest BCUT2D eigenvalue weighted by Crippen LogP contribution is 1.98. The molecule has 1 aromatic rings. The van der Waals surface area contributed by atoms with E-state index in [-0.39, 0.29) is 6.42 Å². The van der Waals surface area contributed by atoms with Crippen molar-refractivity contribution in [2.75, 3.05) is 0 Å². The lowest BCUT2D eigenvalue weighted by molar-refractivity contribution is -0.135. The zero-order chi connectivity index (χ0) is 10.4. The molecule has 4 heteroatoms. The summed E-state index contributed by atoms with van der Waals surface area (Å²) in [5.41, 5.74) is 0.961. The van der Waals surface area contributed by atoms with Crippen LogP contribution in [0.25, 0.3) is 0 Å². The summed E-state index contributed by atoms with van der Waals surface area (Å²) in [5.74, 6) is 4.07. The van der Waals surface area contributed by atoms with Gasteiger partial charge >= 0.3 is 5.97 Å². The molecule has 0 unspecified atom stereocenters. The predicted octanol–water partition coefficient (Wildman–Crippen LogP) is 0.720. The summed E-state index contributed by atoms with van der Waals surface area (Å²) in [7, 11) is 0. The Morgan fingerprint density at radius 3 is 3.00 bits per heavy atom. The van der Waals surface area contributed by atoms with Crippen molar-refractivity contribution in [2.45, 2.75) is 6.42 Å². The molecule has 14 heavy (non-hydrogen) atoms. The van der Waals surface area contributed by atoms with Gasteiger partial charge in [-0.1, -0.05) is 11.8 Å². The van der Waals surface area contributed by atoms with Gasteiger partial charge in [0.25, 0.3) is 0 Å². The minimum Gasteiger partial charge on any atom is -0.481 e. The Kier molecular flexibility index (Phi) is 3.39. The van der Waals surface area contributed by atoms with E-state index >= 15 is 0 Å². The van der Waals surface area contributed by atoms with Crippen LogP contribution >= 0.6 is 0 Å². The lowest BCUT2D eigenvalue weighted by atomic mass is 10.2. The van der Waals surface area contributed by atoms with Crippen LogP contribution in [0.1, 0.15) is 22.3 Å². The molecule has 0 aliphatic carbocycles. The number of carbonyl (C=O) groups excluding carboxylic acids is 1. The number of pyridine rings is 1. The van der Waals surface area contributed by atoms with Crippen LogP contribution in [0.2, 0.25) is 0 Å². The topological polar surface area (TPSA) is 67.3 Å². The molecule has 1 N–H and O–H groups in total. The summed E-state index contributed by atoms with van der Waals surface area (Å²) in [6.45, 7) is 0. The molecule has 0 atom stereocenters. The Morgan fingerprint density at radius 2 is 2.36 bits per heavy atom.